The molecule has 1 aromatic heterocycles. The summed E-state index contributed by atoms with van der Waals surface area (Å²) in [5, 5.41) is 15.2. The largest absolute Gasteiger partial charge is 0.496 e. The molecule has 2 aromatic rings. The van der Waals surface area contributed by atoms with Crippen LogP contribution in [0.25, 0.3) is 0 Å². The number of benzene rings is 1. The van der Waals surface area contributed by atoms with Crippen molar-refractivity contribution < 1.29 is 27.8 Å². The number of amides is 1. The van der Waals surface area contributed by atoms with Crippen LogP contribution in [-0.4, -0.2) is 58.8 Å². The first kappa shape index (κ1) is 23.2. The number of H-pyrrole nitrogens is 1. The lowest BCUT2D eigenvalue weighted by molar-refractivity contribution is 0.0222. The van der Waals surface area contributed by atoms with Gasteiger partial charge in [0.25, 0.3) is 5.92 Å². The number of aryl methyl sites for hydroxylation is 1. The molecule has 1 amide bonds. The lowest BCUT2D eigenvalue weighted by Gasteiger charge is -2.25. The van der Waals surface area contributed by atoms with Gasteiger partial charge in [0, 0.05) is 30.8 Å². The normalized spacial score (nSPS) is 19.0. The summed E-state index contributed by atoms with van der Waals surface area (Å²) in [7, 11) is 1.44. The van der Waals surface area contributed by atoms with Crippen molar-refractivity contribution in [1.82, 2.24) is 15.1 Å². The Labute approximate surface area is 183 Å². The summed E-state index contributed by atoms with van der Waals surface area (Å²) >= 11 is 0. The van der Waals surface area contributed by atoms with Crippen LogP contribution in [0.15, 0.2) is 41.5 Å². The maximum atomic E-state index is 14.0. The number of anilines is 1. The average molecular weight is 451 g/mol. The molecule has 1 fully saturated rings. The van der Waals surface area contributed by atoms with E-state index >= 15 is 0 Å². The van der Waals surface area contributed by atoms with E-state index in [9.17, 15) is 18.0 Å². The zero-order valence-corrected chi connectivity index (χ0v) is 17.6. The van der Waals surface area contributed by atoms with Crippen molar-refractivity contribution >= 4 is 18.2 Å². The fourth-order valence-corrected chi connectivity index (χ4v) is 3.51. The minimum Gasteiger partial charge on any atom is -0.496 e. The number of methoxy groups -OCH3 is 1. The number of alkyl halides is 2. The van der Waals surface area contributed by atoms with Crippen molar-refractivity contribution in [3.05, 3.63) is 53.6 Å². The van der Waals surface area contributed by atoms with Crippen LogP contribution in [0.1, 0.15) is 30.6 Å². The van der Waals surface area contributed by atoms with Crippen LogP contribution in [0.3, 0.4) is 0 Å². The monoisotopic (exact) mass is 451 g/mol. The molecule has 1 aromatic carbocycles. The molecular formula is C21H24F3N5O3. The first-order chi connectivity index (χ1) is 15.2. The first-order valence-electron chi connectivity index (χ1n) is 9.94. The van der Waals surface area contributed by atoms with Gasteiger partial charge in [-0.2, -0.15) is 5.10 Å². The summed E-state index contributed by atoms with van der Waals surface area (Å²) in [6.45, 7) is 1.90. The molecule has 1 atom stereocenters. The summed E-state index contributed by atoms with van der Waals surface area (Å²) in [5.41, 5.74) is 1.21. The summed E-state index contributed by atoms with van der Waals surface area (Å²) in [5.74, 6) is -2.43. The zero-order chi connectivity index (χ0) is 23.3. The number of carbonyl (C=O) groups is 1. The molecule has 2 N–H and O–H groups in total. The highest BCUT2D eigenvalue weighted by Crippen LogP contribution is 2.45. The van der Waals surface area contributed by atoms with Crippen LogP contribution in [0.5, 0.6) is 5.75 Å². The number of carboxylic acid groups (broad SMARTS) is 1. The van der Waals surface area contributed by atoms with Gasteiger partial charge in [-0.3, -0.25) is 10.00 Å². The van der Waals surface area contributed by atoms with Gasteiger partial charge in [-0.1, -0.05) is 6.92 Å². The maximum absolute atomic E-state index is 14.0. The van der Waals surface area contributed by atoms with Crippen LogP contribution < -0.4 is 9.64 Å². The standard InChI is InChI=1S/C16H18F3N3O.C5H6N2O2/c1-3-11-7-15(21-20-11)22-9-16(18,19)8-13(22)12-6-10(17)4-5-14(12)23-2;8-5(9)7-3-1-2-6-4-7/h4-7,13H,3,8-9H2,1-2H3,(H,20,21);1-2,4H,3H2,(H,8,9). The van der Waals surface area contributed by atoms with E-state index in [0.29, 0.717) is 30.1 Å². The van der Waals surface area contributed by atoms with E-state index in [1.165, 1.54) is 36.5 Å². The molecule has 1 saturated heterocycles. The number of aliphatic imine (C=N–C) groups is 1. The highest BCUT2D eigenvalue weighted by molar-refractivity contribution is 5.81. The Morgan fingerprint density at radius 3 is 2.72 bits per heavy atom. The zero-order valence-electron chi connectivity index (χ0n) is 17.6. The molecule has 3 heterocycles. The number of aromatic amines is 1. The van der Waals surface area contributed by atoms with Crippen LogP contribution in [-0.2, 0) is 6.42 Å². The third kappa shape index (κ3) is 5.40. The SMILES string of the molecule is CCc1cc(N2CC(F)(F)CC2c2cc(F)ccc2OC)[nH]n1.O=C(O)N1C=NC=CC1. The van der Waals surface area contributed by atoms with Crippen LogP contribution >= 0.6 is 0 Å². The van der Waals surface area contributed by atoms with Crippen molar-refractivity contribution in [3.63, 3.8) is 0 Å². The predicted molar refractivity (Wildman–Crippen MR) is 113 cm³/mol. The minimum atomic E-state index is -2.86. The van der Waals surface area contributed by atoms with E-state index in [1.54, 1.807) is 18.3 Å². The number of halogens is 3. The molecule has 11 heteroatoms. The highest BCUT2D eigenvalue weighted by atomic mass is 19.3. The third-order valence-electron chi connectivity index (χ3n) is 5.06. The second-order valence-corrected chi connectivity index (χ2v) is 7.27. The quantitative estimate of drug-likeness (QED) is 0.726. The summed E-state index contributed by atoms with van der Waals surface area (Å²) in [6.07, 6.45) is 3.86. The summed E-state index contributed by atoms with van der Waals surface area (Å²) in [4.78, 5) is 16.4. The Hall–Kier alpha value is -3.50. The number of aromatic nitrogens is 2. The Bertz CT molecular complexity index is 1010. The molecule has 1 unspecified atom stereocenters. The Morgan fingerprint density at radius 2 is 2.16 bits per heavy atom. The minimum absolute atomic E-state index is 0.396. The van der Waals surface area contributed by atoms with Gasteiger partial charge in [0.05, 0.1) is 25.4 Å². The molecule has 0 bridgehead atoms. The lowest BCUT2D eigenvalue weighted by Crippen LogP contribution is -2.29. The molecule has 2 aliphatic rings. The third-order valence-corrected chi connectivity index (χ3v) is 5.06. The molecule has 4 rings (SSSR count). The van der Waals surface area contributed by atoms with Gasteiger partial charge in [-0.25, -0.2) is 23.0 Å². The molecule has 32 heavy (non-hydrogen) atoms. The van der Waals surface area contributed by atoms with E-state index in [1.807, 2.05) is 6.92 Å². The van der Waals surface area contributed by atoms with Crippen molar-refractivity contribution in [2.24, 2.45) is 4.99 Å². The van der Waals surface area contributed by atoms with Gasteiger partial charge in [-0.15, -0.1) is 0 Å². The molecule has 0 spiro atoms. The fourth-order valence-electron chi connectivity index (χ4n) is 3.51. The highest BCUT2D eigenvalue weighted by Gasteiger charge is 2.47. The molecule has 8 nitrogen and oxygen atoms in total. The van der Waals surface area contributed by atoms with E-state index in [4.69, 9.17) is 9.84 Å². The van der Waals surface area contributed by atoms with Crippen LogP contribution in [0, 0.1) is 5.82 Å². The van der Waals surface area contributed by atoms with Crippen LogP contribution in [0.2, 0.25) is 0 Å². The maximum Gasteiger partial charge on any atom is 0.412 e. The van der Waals surface area contributed by atoms with Gasteiger partial charge in [0.2, 0.25) is 0 Å². The number of rotatable bonds is 4. The fraction of sp³-hybridized carbons (Fsp3) is 0.381. The lowest BCUT2D eigenvalue weighted by atomic mass is 10.0. The topological polar surface area (TPSA) is 94.0 Å². The van der Waals surface area contributed by atoms with E-state index in [2.05, 4.69) is 15.2 Å². The number of hydrogen-bond donors (Lipinski definition) is 2. The van der Waals surface area contributed by atoms with E-state index in [-0.39, 0.29) is 0 Å². The summed E-state index contributed by atoms with van der Waals surface area (Å²) < 4.78 is 46.9. The second-order valence-electron chi connectivity index (χ2n) is 7.27. The smallest absolute Gasteiger partial charge is 0.412 e. The van der Waals surface area contributed by atoms with E-state index < -0.39 is 36.8 Å². The number of hydrogen-bond acceptors (Lipinski definition) is 5. The molecule has 172 valence electrons. The van der Waals surface area contributed by atoms with Crippen LogP contribution in [0.4, 0.5) is 23.8 Å². The average Bonchev–Trinajstić information content (AvgIpc) is 3.38. The molecule has 0 saturated carbocycles. The number of nitrogens with zero attached hydrogens (tertiary/aromatic N) is 4. The first-order valence-corrected chi connectivity index (χ1v) is 9.94. The van der Waals surface area contributed by atoms with Crippen molar-refractivity contribution in [2.45, 2.75) is 31.7 Å². The molecule has 0 radical (unpaired) electrons. The predicted octanol–water partition coefficient (Wildman–Crippen LogP) is 4.23. The van der Waals surface area contributed by atoms with Gasteiger partial charge in [0.15, 0.2) is 0 Å². The Balaban J connectivity index is 0.000000269. The Kier molecular flexibility index (Phi) is 7.06. The van der Waals surface area contributed by atoms with E-state index in [0.717, 1.165) is 10.6 Å². The molecule has 2 aliphatic heterocycles. The molecular weight excluding hydrogens is 427 g/mol. The molecule has 0 aliphatic carbocycles. The van der Waals surface area contributed by atoms with Gasteiger partial charge in [-0.05, 0) is 30.7 Å². The number of nitrogens with one attached hydrogen (secondary N) is 1. The second kappa shape index (κ2) is 9.75. The number of ether oxygens (including phenoxy) is 1. The van der Waals surface area contributed by atoms with Gasteiger partial charge in [0.1, 0.15) is 23.7 Å². The van der Waals surface area contributed by atoms with Crippen molar-refractivity contribution in [2.75, 3.05) is 25.1 Å². The van der Waals surface area contributed by atoms with Crippen molar-refractivity contribution in [3.8, 4) is 5.75 Å². The summed E-state index contributed by atoms with van der Waals surface area (Å²) in [6, 6.07) is 5.05. The van der Waals surface area contributed by atoms with Gasteiger partial charge >= 0.3 is 6.09 Å². The van der Waals surface area contributed by atoms with Gasteiger partial charge < -0.3 is 14.7 Å². The van der Waals surface area contributed by atoms with Crippen molar-refractivity contribution in [1.29, 1.82) is 0 Å². The Morgan fingerprint density at radius 1 is 1.38 bits per heavy atom.